The van der Waals surface area contributed by atoms with Gasteiger partial charge in [0.05, 0.1) is 16.7 Å². The molecule has 17 aromatic rings. The van der Waals surface area contributed by atoms with Gasteiger partial charge < -0.3 is 14.4 Å². The molecule has 0 saturated heterocycles. The van der Waals surface area contributed by atoms with E-state index in [2.05, 4.69) is 468 Å². The van der Waals surface area contributed by atoms with Gasteiger partial charge in [-0.15, -0.1) is 0 Å². The van der Waals surface area contributed by atoms with Gasteiger partial charge in [-0.05, 0) is 173 Å². The molecule has 0 amide bonds. The molecule has 0 fully saturated rings. The van der Waals surface area contributed by atoms with Gasteiger partial charge in [0, 0.05) is 44.9 Å². The molecular weight excluding hydrogens is 1390 g/mol. The first-order valence-corrected chi connectivity index (χ1v) is 45.2. The Balaban J connectivity index is 0.970. The quantitative estimate of drug-likeness (QED) is 0.0749. The molecule has 0 atom stereocenters. The fraction of sp³-hybridized carbons (Fsp3) is 0.0769. The summed E-state index contributed by atoms with van der Waals surface area (Å²) >= 11 is 0. The van der Waals surface area contributed by atoms with Crippen LogP contribution in [-0.2, 0) is 10.8 Å². The Morgan fingerprint density at radius 1 is 0.216 bits per heavy atom. The van der Waals surface area contributed by atoms with E-state index in [1.165, 1.54) is 112 Å². The van der Waals surface area contributed by atoms with Crippen molar-refractivity contribution in [2.45, 2.75) is 52.4 Å². The van der Waals surface area contributed by atoms with Gasteiger partial charge in [0.2, 0.25) is 0 Å². The fourth-order valence-corrected chi connectivity index (χ4v) is 33.4. The summed E-state index contributed by atoms with van der Waals surface area (Å²) in [6.45, 7) is 13.9. The first kappa shape index (κ1) is 69.1. The zero-order valence-electron chi connectivity index (χ0n) is 63.7. The molecule has 0 aliphatic carbocycles. The highest BCUT2D eigenvalue weighted by Gasteiger charge is 2.49. The summed E-state index contributed by atoms with van der Waals surface area (Å²) in [5.74, 6) is 0. The number of para-hydroxylation sites is 1. The second kappa shape index (κ2) is 27.6. The van der Waals surface area contributed by atoms with E-state index in [4.69, 9.17) is 0 Å². The van der Waals surface area contributed by atoms with Crippen LogP contribution in [-0.4, -0.2) is 35.5 Å². The van der Waals surface area contributed by atoms with Gasteiger partial charge >= 0.3 is 0 Å². The maximum Gasteiger partial charge on any atom is 0.252 e. The minimum atomic E-state index is -3.19. The van der Waals surface area contributed by atoms with Gasteiger partial charge in [0.25, 0.3) is 6.71 Å². The number of benzene rings is 16. The van der Waals surface area contributed by atoms with Crippen molar-refractivity contribution in [3.8, 4) is 5.69 Å². The predicted molar refractivity (Wildman–Crippen MR) is 483 cm³/mol. The topological polar surface area (TPSA) is 11.4 Å². The Hall–Kier alpha value is -12.4. The lowest BCUT2D eigenvalue weighted by atomic mass is 9.33. The van der Waals surface area contributed by atoms with Crippen LogP contribution in [0.15, 0.2) is 413 Å². The molecule has 532 valence electrons. The number of hydrogen-bond acceptors (Lipinski definition) is 2. The first-order valence-electron chi connectivity index (χ1n) is 39.2. The number of hydrogen-bond donors (Lipinski definition) is 0. The summed E-state index contributed by atoms with van der Waals surface area (Å²) in [5, 5.41) is 18.4. The monoisotopic (exact) mass is 1470 g/mol. The number of rotatable bonds is 15. The number of anilines is 6. The minimum Gasteiger partial charge on any atom is -0.311 e. The zero-order valence-corrected chi connectivity index (χ0v) is 66.7. The molecule has 7 heteroatoms. The van der Waals surface area contributed by atoms with Gasteiger partial charge in [-0.25, -0.2) is 0 Å². The van der Waals surface area contributed by atoms with Crippen molar-refractivity contribution in [2.75, 3.05) is 9.80 Å². The summed E-state index contributed by atoms with van der Waals surface area (Å²) < 4.78 is 2.61. The van der Waals surface area contributed by atoms with Crippen molar-refractivity contribution in [1.82, 2.24) is 4.57 Å². The Morgan fingerprint density at radius 2 is 0.505 bits per heavy atom. The Morgan fingerprint density at radius 3 is 0.838 bits per heavy atom. The molecule has 3 nitrogen and oxygen atoms in total. The number of aromatic nitrogens is 1. The average Bonchev–Trinajstić information content (AvgIpc) is 1.42. The molecule has 1 aromatic heterocycles. The van der Waals surface area contributed by atoms with E-state index in [-0.39, 0.29) is 17.5 Å². The third-order valence-corrected chi connectivity index (χ3v) is 38.4. The van der Waals surface area contributed by atoms with Crippen LogP contribution in [0, 0.1) is 0 Å². The van der Waals surface area contributed by atoms with Crippen LogP contribution in [0.1, 0.15) is 52.7 Å². The highest BCUT2D eigenvalue weighted by Crippen LogP contribution is 2.47. The lowest BCUT2D eigenvalue weighted by Crippen LogP contribution is -2.75. The predicted octanol–water partition coefficient (Wildman–Crippen LogP) is 15.6. The van der Waals surface area contributed by atoms with Crippen LogP contribution in [0.3, 0.4) is 0 Å². The van der Waals surface area contributed by atoms with Crippen LogP contribution in [0.5, 0.6) is 0 Å². The standard InChI is InChI=1S/C104H86BN3Si3/c1-103(2,3)75-62-66-96-92(68-75)93-69-76(104(4,5)6)63-67-97(93)108(96)79-72-100-102-101(73-79)107(78-39-37-59-90(71-78)110(83-46-22-10-23-47-83,84-48-24-11-25-49-84)85-50-26-12-27-51-85)99-74-91(111(86-52-28-13-29-53-86,87-54-30-14-31-55-87)88-56-32-15-33-57-88)64-65-95(99)105(102)94-60-34-35-61-98(94)106(100)77-38-36-58-89(70-77)109(80-40-16-7-17-41-80,81-42-18-8-19-43-81)82-44-20-9-21-45-82/h7-74H,1-6H3. The number of nitrogens with zero attached hydrogens (tertiary/aromatic N) is 3. The van der Waals surface area contributed by atoms with Crippen LogP contribution in [0.25, 0.3) is 27.5 Å². The van der Waals surface area contributed by atoms with Crippen LogP contribution >= 0.6 is 0 Å². The smallest absolute Gasteiger partial charge is 0.252 e. The average molecular weight is 1470 g/mol. The SMILES string of the molecule is CC(C)(C)c1ccc2c(c1)c1cc(C(C)(C)C)ccc1n2-c1cc2c3c(c1)N(c1cccc([Si](c4ccccc4)(c4ccccc4)c4ccccc4)c1)c1cc([Si](c4ccccc4)(c4ccccc4)c4ccccc4)ccc1B3c1ccccc1N2c1cccc([Si](c2ccccc2)(c2ccccc2)c2ccccc2)c1. The van der Waals surface area contributed by atoms with Gasteiger partial charge in [-0.2, -0.15) is 0 Å². The lowest BCUT2D eigenvalue weighted by Gasteiger charge is -2.45. The maximum atomic E-state index is 2.73. The summed E-state index contributed by atoms with van der Waals surface area (Å²) in [5.41, 5.74) is 16.4. The van der Waals surface area contributed by atoms with E-state index in [9.17, 15) is 0 Å². The summed E-state index contributed by atoms with van der Waals surface area (Å²) in [7, 11) is -9.41. The van der Waals surface area contributed by atoms with Gasteiger partial charge in [-0.1, -0.05) is 381 Å². The van der Waals surface area contributed by atoms with Crippen molar-refractivity contribution in [2.24, 2.45) is 0 Å². The van der Waals surface area contributed by atoms with Gasteiger partial charge in [0.1, 0.15) is 0 Å². The zero-order chi connectivity index (χ0) is 75.1. The lowest BCUT2D eigenvalue weighted by molar-refractivity contribution is 0.590. The van der Waals surface area contributed by atoms with Crippen molar-refractivity contribution >= 4 is 165 Å². The van der Waals surface area contributed by atoms with E-state index >= 15 is 0 Å². The van der Waals surface area contributed by atoms with Gasteiger partial charge in [-0.3, -0.25) is 0 Å². The molecule has 111 heavy (non-hydrogen) atoms. The van der Waals surface area contributed by atoms with Crippen molar-refractivity contribution in [3.63, 3.8) is 0 Å². The van der Waals surface area contributed by atoms with Crippen LogP contribution < -0.4 is 88.4 Å². The highest BCUT2D eigenvalue weighted by atomic mass is 28.3. The molecule has 16 aromatic carbocycles. The second-order valence-electron chi connectivity index (χ2n) is 32.3. The fourth-order valence-electron chi connectivity index (χ4n) is 19.0. The molecule has 2 aliphatic rings. The highest BCUT2D eigenvalue weighted by molar-refractivity contribution is 7.21. The van der Waals surface area contributed by atoms with E-state index in [1.807, 2.05) is 0 Å². The normalized spacial score (nSPS) is 12.9. The molecule has 0 saturated carbocycles. The first-order chi connectivity index (χ1) is 54.3. The maximum absolute atomic E-state index is 3.19. The molecule has 3 heterocycles. The molecular formula is C104H86BN3Si3. The Labute approximate surface area is 656 Å². The van der Waals surface area contributed by atoms with Crippen LogP contribution in [0.4, 0.5) is 34.1 Å². The second-order valence-corrected chi connectivity index (χ2v) is 43.7. The Bertz CT molecular complexity index is 5930. The van der Waals surface area contributed by atoms with E-state index in [0.29, 0.717) is 0 Å². The van der Waals surface area contributed by atoms with E-state index < -0.39 is 24.2 Å². The molecule has 19 rings (SSSR count). The summed E-state index contributed by atoms with van der Waals surface area (Å²) in [6.07, 6.45) is 0. The van der Waals surface area contributed by atoms with Crippen molar-refractivity contribution in [3.05, 3.63) is 424 Å². The Kier molecular flexibility index (Phi) is 17.2. The molecule has 0 radical (unpaired) electrons. The van der Waals surface area contributed by atoms with Crippen LogP contribution in [0.2, 0.25) is 0 Å². The minimum absolute atomic E-state index is 0.0924. The third kappa shape index (κ3) is 11.3. The number of fused-ring (bicyclic) bond motifs is 7. The molecule has 0 spiro atoms. The largest absolute Gasteiger partial charge is 0.311 e. The van der Waals surface area contributed by atoms with E-state index in [0.717, 1.165) is 39.8 Å². The summed E-state index contributed by atoms with van der Waals surface area (Å²) in [4.78, 5) is 5.39. The summed E-state index contributed by atoms with van der Waals surface area (Å²) in [6, 6.07) is 159. The molecule has 0 bridgehead atoms. The van der Waals surface area contributed by atoms with E-state index in [1.54, 1.807) is 0 Å². The third-order valence-electron chi connectivity index (χ3n) is 24.1. The van der Waals surface area contributed by atoms with Crippen molar-refractivity contribution < 1.29 is 0 Å². The molecule has 2 aliphatic heterocycles. The van der Waals surface area contributed by atoms with Crippen molar-refractivity contribution in [1.29, 1.82) is 0 Å². The molecule has 0 N–H and O–H groups in total. The molecule has 0 unspecified atom stereocenters. The van der Waals surface area contributed by atoms with Gasteiger partial charge in [0.15, 0.2) is 24.2 Å².